The highest BCUT2D eigenvalue weighted by Crippen LogP contribution is 2.12. The van der Waals surface area contributed by atoms with Gasteiger partial charge in [-0.25, -0.2) is 0 Å². The van der Waals surface area contributed by atoms with Crippen molar-refractivity contribution in [1.82, 2.24) is 0 Å². The maximum atomic E-state index is 11.0. The molecule has 0 rings (SSSR count). The molecular weight excluding hydrogens is 218 g/mol. The molecule has 2 atom stereocenters. The average Bonchev–Trinajstić information content (AvgIpc) is 2.16. The van der Waals surface area contributed by atoms with Crippen LogP contribution < -0.4 is 0 Å². The second-order valence-corrected chi connectivity index (χ2v) is 3.19. The van der Waals surface area contributed by atoms with E-state index >= 15 is 0 Å². The van der Waals surface area contributed by atoms with Crippen molar-refractivity contribution in [3.8, 4) is 0 Å². The third kappa shape index (κ3) is 4.72. The highest BCUT2D eigenvalue weighted by molar-refractivity contribution is 5.71. The standard InChI is InChI=1S/C9H15NO6/c1-4-7(10(13)14)8(16-6(2)11)5-9(12)15-3/h7-8H,4-5H2,1-3H3. The van der Waals surface area contributed by atoms with E-state index < -0.39 is 29.0 Å². The highest BCUT2D eigenvalue weighted by Gasteiger charge is 2.34. The zero-order valence-electron chi connectivity index (χ0n) is 9.47. The van der Waals surface area contributed by atoms with Crippen molar-refractivity contribution in [2.75, 3.05) is 7.11 Å². The molecule has 0 aliphatic carbocycles. The molecule has 0 fully saturated rings. The SMILES string of the molecule is CCC(C(CC(=O)OC)OC(C)=O)[N+](=O)[O-]. The van der Waals surface area contributed by atoms with E-state index in [2.05, 4.69) is 4.74 Å². The van der Waals surface area contributed by atoms with E-state index in [0.29, 0.717) is 0 Å². The van der Waals surface area contributed by atoms with Crippen LogP contribution in [-0.2, 0) is 19.1 Å². The van der Waals surface area contributed by atoms with Gasteiger partial charge in [0, 0.05) is 18.3 Å². The van der Waals surface area contributed by atoms with E-state index in [1.165, 1.54) is 7.11 Å². The Morgan fingerprint density at radius 2 is 2.00 bits per heavy atom. The van der Waals surface area contributed by atoms with Crippen molar-refractivity contribution in [3.63, 3.8) is 0 Å². The highest BCUT2D eigenvalue weighted by atomic mass is 16.6. The first-order valence-corrected chi connectivity index (χ1v) is 4.79. The summed E-state index contributed by atoms with van der Waals surface area (Å²) < 4.78 is 9.14. The van der Waals surface area contributed by atoms with Crippen molar-refractivity contribution in [3.05, 3.63) is 10.1 Å². The van der Waals surface area contributed by atoms with E-state index in [4.69, 9.17) is 4.74 Å². The summed E-state index contributed by atoms with van der Waals surface area (Å²) in [5.74, 6) is -1.30. The summed E-state index contributed by atoms with van der Waals surface area (Å²) in [6, 6.07) is -1.09. The number of methoxy groups -OCH3 is 1. The van der Waals surface area contributed by atoms with E-state index in [9.17, 15) is 19.7 Å². The lowest BCUT2D eigenvalue weighted by Crippen LogP contribution is -2.38. The van der Waals surface area contributed by atoms with Crippen LogP contribution in [0.4, 0.5) is 0 Å². The first kappa shape index (κ1) is 14.3. The molecule has 2 unspecified atom stereocenters. The van der Waals surface area contributed by atoms with Gasteiger partial charge in [-0.15, -0.1) is 0 Å². The number of esters is 2. The summed E-state index contributed by atoms with van der Waals surface area (Å²) in [7, 11) is 1.17. The van der Waals surface area contributed by atoms with Gasteiger partial charge in [-0.1, -0.05) is 6.92 Å². The Morgan fingerprint density at radius 3 is 2.31 bits per heavy atom. The van der Waals surface area contributed by atoms with Gasteiger partial charge in [0.2, 0.25) is 6.04 Å². The predicted octanol–water partition coefficient (Wildman–Crippen LogP) is 0.536. The van der Waals surface area contributed by atoms with Gasteiger partial charge in [0.25, 0.3) is 0 Å². The lowest BCUT2D eigenvalue weighted by atomic mass is 10.1. The monoisotopic (exact) mass is 233 g/mol. The van der Waals surface area contributed by atoms with Crippen LogP contribution in [0.3, 0.4) is 0 Å². The molecule has 0 spiro atoms. The lowest BCUT2D eigenvalue weighted by Gasteiger charge is -2.18. The van der Waals surface area contributed by atoms with Crippen molar-refractivity contribution in [2.45, 2.75) is 38.8 Å². The molecule has 7 heteroatoms. The van der Waals surface area contributed by atoms with Crippen molar-refractivity contribution < 1.29 is 24.0 Å². The molecule has 0 heterocycles. The largest absolute Gasteiger partial charge is 0.469 e. The number of carbonyl (C=O) groups is 2. The maximum Gasteiger partial charge on any atom is 0.309 e. The first-order valence-electron chi connectivity index (χ1n) is 4.79. The van der Waals surface area contributed by atoms with Gasteiger partial charge in [-0.3, -0.25) is 19.7 Å². The van der Waals surface area contributed by atoms with Gasteiger partial charge in [-0.05, 0) is 0 Å². The molecule has 0 radical (unpaired) electrons. The third-order valence-corrected chi connectivity index (χ3v) is 2.03. The number of nitrogens with zero attached hydrogens (tertiary/aromatic N) is 1. The van der Waals surface area contributed by atoms with Crippen molar-refractivity contribution >= 4 is 11.9 Å². The van der Waals surface area contributed by atoms with Gasteiger partial charge in [-0.2, -0.15) is 0 Å². The van der Waals surface area contributed by atoms with Crippen LogP contribution in [0.1, 0.15) is 26.7 Å². The minimum absolute atomic E-state index is 0.169. The molecule has 0 bridgehead atoms. The second-order valence-electron chi connectivity index (χ2n) is 3.19. The van der Waals surface area contributed by atoms with Crippen LogP contribution in [-0.4, -0.2) is 36.1 Å². The molecule has 0 aliphatic heterocycles. The Bertz CT molecular complexity index is 277. The smallest absolute Gasteiger partial charge is 0.309 e. The fourth-order valence-electron chi connectivity index (χ4n) is 1.26. The Labute approximate surface area is 92.9 Å². The first-order chi connectivity index (χ1) is 7.42. The Kier molecular flexibility index (Phi) is 6.06. The summed E-state index contributed by atoms with van der Waals surface area (Å²) in [5.41, 5.74) is 0. The Hall–Kier alpha value is -1.66. The fraction of sp³-hybridized carbons (Fsp3) is 0.778. The summed E-state index contributed by atoms with van der Waals surface area (Å²) in [6.07, 6.45) is -1.22. The van der Waals surface area contributed by atoms with Gasteiger partial charge in [0.15, 0.2) is 6.10 Å². The Balaban J connectivity index is 4.68. The van der Waals surface area contributed by atoms with Gasteiger partial charge in [0.1, 0.15) is 0 Å². The van der Waals surface area contributed by atoms with E-state index in [1.54, 1.807) is 6.92 Å². The molecule has 7 nitrogen and oxygen atoms in total. The zero-order chi connectivity index (χ0) is 12.7. The van der Waals surface area contributed by atoms with Gasteiger partial charge >= 0.3 is 11.9 Å². The average molecular weight is 233 g/mol. The summed E-state index contributed by atoms with van der Waals surface area (Å²) in [5, 5.41) is 10.7. The molecule has 16 heavy (non-hydrogen) atoms. The Morgan fingerprint density at radius 1 is 1.44 bits per heavy atom. The molecule has 0 saturated carbocycles. The lowest BCUT2D eigenvalue weighted by molar-refractivity contribution is -0.534. The number of carbonyl (C=O) groups excluding carboxylic acids is 2. The molecule has 92 valence electrons. The molecule has 0 N–H and O–H groups in total. The third-order valence-electron chi connectivity index (χ3n) is 2.03. The number of hydrogen-bond donors (Lipinski definition) is 0. The van der Waals surface area contributed by atoms with Crippen LogP contribution in [0.5, 0.6) is 0 Å². The van der Waals surface area contributed by atoms with Crippen LogP contribution in [0.15, 0.2) is 0 Å². The molecule has 0 saturated heterocycles. The second kappa shape index (κ2) is 6.76. The summed E-state index contributed by atoms with van der Waals surface area (Å²) >= 11 is 0. The van der Waals surface area contributed by atoms with Gasteiger partial charge < -0.3 is 9.47 Å². The molecule has 0 amide bonds. The number of nitro groups is 1. The van der Waals surface area contributed by atoms with Crippen LogP contribution >= 0.6 is 0 Å². The molecule has 0 aliphatic rings. The van der Waals surface area contributed by atoms with Gasteiger partial charge in [0.05, 0.1) is 13.5 Å². The van der Waals surface area contributed by atoms with Crippen LogP contribution in [0.25, 0.3) is 0 Å². The topological polar surface area (TPSA) is 95.7 Å². The van der Waals surface area contributed by atoms with Crippen LogP contribution in [0, 0.1) is 10.1 Å². The van der Waals surface area contributed by atoms with E-state index in [-0.39, 0.29) is 12.8 Å². The quantitative estimate of drug-likeness (QED) is 0.377. The fourth-order valence-corrected chi connectivity index (χ4v) is 1.26. The normalized spacial score (nSPS) is 13.7. The minimum Gasteiger partial charge on any atom is -0.469 e. The molecule has 0 aromatic heterocycles. The molecular formula is C9H15NO6. The maximum absolute atomic E-state index is 11.0. The van der Waals surface area contributed by atoms with E-state index in [1.807, 2.05) is 0 Å². The predicted molar refractivity (Wildman–Crippen MR) is 53.3 cm³/mol. The van der Waals surface area contributed by atoms with Crippen molar-refractivity contribution in [1.29, 1.82) is 0 Å². The molecule has 0 aromatic rings. The van der Waals surface area contributed by atoms with E-state index in [0.717, 1.165) is 6.92 Å². The molecule has 0 aromatic carbocycles. The zero-order valence-corrected chi connectivity index (χ0v) is 9.47. The van der Waals surface area contributed by atoms with Crippen LogP contribution in [0.2, 0.25) is 0 Å². The minimum atomic E-state index is -1.09. The summed E-state index contributed by atoms with van der Waals surface area (Å²) in [6.45, 7) is 2.72. The summed E-state index contributed by atoms with van der Waals surface area (Å²) in [4.78, 5) is 31.9. The number of hydrogen-bond acceptors (Lipinski definition) is 6. The number of ether oxygens (including phenoxy) is 2. The number of rotatable bonds is 6. The van der Waals surface area contributed by atoms with Crippen molar-refractivity contribution in [2.24, 2.45) is 0 Å².